The number of likely N-dealkylation sites (tertiary alicyclic amines) is 1. The summed E-state index contributed by atoms with van der Waals surface area (Å²) < 4.78 is 11.2. The molecular formula is C21H20BrNO5. The summed E-state index contributed by atoms with van der Waals surface area (Å²) in [5.74, 6) is -0.995. The van der Waals surface area contributed by atoms with Gasteiger partial charge in [-0.15, -0.1) is 0 Å². The molecule has 0 bridgehead atoms. The van der Waals surface area contributed by atoms with Crippen LogP contribution in [0.15, 0.2) is 58.6 Å². The summed E-state index contributed by atoms with van der Waals surface area (Å²) in [7, 11) is 3.07. The minimum absolute atomic E-state index is 0.0525. The number of aliphatic hydroxyl groups excluding tert-OH is 1. The van der Waals surface area contributed by atoms with E-state index in [1.807, 2.05) is 0 Å². The van der Waals surface area contributed by atoms with Crippen LogP contribution in [-0.2, 0) is 14.3 Å². The van der Waals surface area contributed by atoms with E-state index < -0.39 is 17.7 Å². The maximum Gasteiger partial charge on any atom is 0.295 e. The second-order valence-electron chi connectivity index (χ2n) is 6.27. The first kappa shape index (κ1) is 20.1. The fourth-order valence-corrected chi connectivity index (χ4v) is 3.49. The molecular weight excluding hydrogens is 426 g/mol. The highest BCUT2D eigenvalue weighted by atomic mass is 79.9. The smallest absolute Gasteiger partial charge is 0.295 e. The highest BCUT2D eigenvalue weighted by molar-refractivity contribution is 9.10. The SMILES string of the molecule is COCCN1C(=O)C(=O)/C(=C(\O)c2ccc(Br)cc2)C1c1cccc(OC)c1. The van der Waals surface area contributed by atoms with Crippen LogP contribution >= 0.6 is 15.9 Å². The van der Waals surface area contributed by atoms with Crippen LogP contribution in [0.25, 0.3) is 5.76 Å². The third-order valence-electron chi connectivity index (χ3n) is 4.60. The number of hydrogen-bond donors (Lipinski definition) is 1. The van der Waals surface area contributed by atoms with Gasteiger partial charge in [-0.2, -0.15) is 0 Å². The largest absolute Gasteiger partial charge is 0.507 e. The van der Waals surface area contributed by atoms with Crippen molar-refractivity contribution in [3.05, 3.63) is 69.7 Å². The van der Waals surface area contributed by atoms with Crippen LogP contribution < -0.4 is 4.74 Å². The van der Waals surface area contributed by atoms with E-state index in [-0.39, 0.29) is 24.5 Å². The lowest BCUT2D eigenvalue weighted by atomic mass is 9.95. The molecule has 28 heavy (non-hydrogen) atoms. The minimum Gasteiger partial charge on any atom is -0.507 e. The molecule has 0 saturated carbocycles. The summed E-state index contributed by atoms with van der Waals surface area (Å²) >= 11 is 3.35. The number of ketones is 1. The zero-order valence-electron chi connectivity index (χ0n) is 15.5. The van der Waals surface area contributed by atoms with Crippen LogP contribution in [0.5, 0.6) is 5.75 Å². The molecule has 1 aliphatic rings. The van der Waals surface area contributed by atoms with Gasteiger partial charge in [0.15, 0.2) is 0 Å². The van der Waals surface area contributed by atoms with Crippen molar-refractivity contribution in [1.82, 2.24) is 4.90 Å². The van der Waals surface area contributed by atoms with Crippen molar-refractivity contribution in [2.45, 2.75) is 6.04 Å². The number of hydrogen-bond acceptors (Lipinski definition) is 5. The number of halogens is 1. The standard InChI is InChI=1S/C21H20BrNO5/c1-27-11-10-23-18(14-4-3-5-16(12-14)28-2)17(20(25)21(23)26)19(24)13-6-8-15(22)9-7-13/h3-9,12,18,24H,10-11H2,1-2H3/b19-17-. The zero-order chi connectivity index (χ0) is 20.3. The Morgan fingerprint density at radius 3 is 2.50 bits per heavy atom. The molecule has 0 aromatic heterocycles. The Bertz CT molecular complexity index is 923. The van der Waals surface area contributed by atoms with Gasteiger partial charge in [-0.3, -0.25) is 9.59 Å². The monoisotopic (exact) mass is 445 g/mol. The molecule has 2 aromatic rings. The lowest BCUT2D eigenvalue weighted by Crippen LogP contribution is -2.32. The number of carbonyl (C=O) groups excluding carboxylic acids is 2. The molecule has 1 aliphatic heterocycles. The number of aliphatic hydroxyl groups is 1. The van der Waals surface area contributed by atoms with Crippen LogP contribution in [0.3, 0.4) is 0 Å². The molecule has 1 amide bonds. The van der Waals surface area contributed by atoms with Crippen molar-refractivity contribution in [3.63, 3.8) is 0 Å². The van der Waals surface area contributed by atoms with E-state index in [1.54, 1.807) is 55.6 Å². The molecule has 1 fully saturated rings. The van der Waals surface area contributed by atoms with Crippen molar-refractivity contribution in [1.29, 1.82) is 0 Å². The molecule has 0 radical (unpaired) electrons. The molecule has 1 unspecified atom stereocenters. The van der Waals surface area contributed by atoms with Crippen molar-refractivity contribution in [3.8, 4) is 5.75 Å². The van der Waals surface area contributed by atoms with Gasteiger partial charge in [0.2, 0.25) is 0 Å². The Labute approximate surface area is 171 Å². The quantitative estimate of drug-likeness (QED) is 0.418. The number of methoxy groups -OCH3 is 2. The lowest BCUT2D eigenvalue weighted by Gasteiger charge is -2.25. The minimum atomic E-state index is -0.728. The molecule has 1 atom stereocenters. The first-order chi connectivity index (χ1) is 13.5. The topological polar surface area (TPSA) is 76.1 Å². The molecule has 0 aliphatic carbocycles. The molecule has 1 heterocycles. The van der Waals surface area contributed by atoms with Crippen LogP contribution in [0.1, 0.15) is 17.2 Å². The van der Waals surface area contributed by atoms with Crippen molar-refractivity contribution in [2.75, 3.05) is 27.4 Å². The van der Waals surface area contributed by atoms with Crippen molar-refractivity contribution in [2.24, 2.45) is 0 Å². The van der Waals surface area contributed by atoms with E-state index in [9.17, 15) is 14.7 Å². The summed E-state index contributed by atoms with van der Waals surface area (Å²) in [4.78, 5) is 26.9. The lowest BCUT2D eigenvalue weighted by molar-refractivity contribution is -0.140. The summed E-state index contributed by atoms with van der Waals surface area (Å²) in [5.41, 5.74) is 1.19. The maximum atomic E-state index is 12.8. The van der Waals surface area contributed by atoms with E-state index in [1.165, 1.54) is 12.0 Å². The van der Waals surface area contributed by atoms with Gasteiger partial charge >= 0.3 is 0 Å². The fourth-order valence-electron chi connectivity index (χ4n) is 3.22. The maximum absolute atomic E-state index is 12.8. The summed E-state index contributed by atoms with van der Waals surface area (Å²) in [6.07, 6.45) is 0. The van der Waals surface area contributed by atoms with Gasteiger partial charge in [-0.1, -0.05) is 40.2 Å². The number of amides is 1. The van der Waals surface area contributed by atoms with Crippen LogP contribution in [0.4, 0.5) is 0 Å². The Morgan fingerprint density at radius 2 is 1.86 bits per heavy atom. The van der Waals surface area contributed by atoms with Crippen molar-refractivity contribution >= 4 is 33.4 Å². The van der Waals surface area contributed by atoms with Gasteiger partial charge in [0.1, 0.15) is 11.5 Å². The third kappa shape index (κ3) is 3.81. The number of Topliss-reactive ketones (excluding diaryl/α,β-unsaturated/α-hetero) is 1. The van der Waals surface area contributed by atoms with Gasteiger partial charge in [0, 0.05) is 23.7 Å². The number of nitrogens with zero attached hydrogens (tertiary/aromatic N) is 1. The average molecular weight is 446 g/mol. The van der Waals surface area contributed by atoms with Gasteiger partial charge < -0.3 is 19.5 Å². The third-order valence-corrected chi connectivity index (χ3v) is 5.13. The first-order valence-electron chi connectivity index (χ1n) is 8.65. The second kappa shape index (κ2) is 8.58. The van der Waals surface area contributed by atoms with Crippen LogP contribution in [0.2, 0.25) is 0 Å². The van der Waals surface area contributed by atoms with E-state index in [0.29, 0.717) is 16.9 Å². The highest BCUT2D eigenvalue weighted by Crippen LogP contribution is 2.40. The zero-order valence-corrected chi connectivity index (χ0v) is 17.1. The number of ether oxygens (including phenoxy) is 2. The predicted octanol–water partition coefficient (Wildman–Crippen LogP) is 3.53. The number of rotatable bonds is 6. The first-order valence-corrected chi connectivity index (χ1v) is 9.44. The summed E-state index contributed by atoms with van der Waals surface area (Å²) in [6.45, 7) is 0.492. The van der Waals surface area contributed by atoms with E-state index in [0.717, 1.165) is 4.47 Å². The van der Waals surface area contributed by atoms with E-state index >= 15 is 0 Å². The van der Waals surface area contributed by atoms with Crippen LogP contribution in [0, 0.1) is 0 Å². The van der Waals surface area contributed by atoms with Gasteiger partial charge in [-0.25, -0.2) is 0 Å². The van der Waals surface area contributed by atoms with E-state index in [2.05, 4.69) is 15.9 Å². The molecule has 2 aromatic carbocycles. The van der Waals surface area contributed by atoms with Crippen molar-refractivity contribution < 1.29 is 24.2 Å². The predicted molar refractivity (Wildman–Crippen MR) is 108 cm³/mol. The number of carbonyl (C=O) groups is 2. The second-order valence-corrected chi connectivity index (χ2v) is 7.18. The normalized spacial score (nSPS) is 18.5. The Kier molecular flexibility index (Phi) is 6.16. The fraction of sp³-hybridized carbons (Fsp3) is 0.238. The molecule has 1 N–H and O–H groups in total. The van der Waals surface area contributed by atoms with Gasteiger partial charge in [-0.05, 0) is 29.8 Å². The molecule has 3 rings (SSSR count). The van der Waals surface area contributed by atoms with E-state index in [4.69, 9.17) is 9.47 Å². The molecule has 0 spiro atoms. The Balaban J connectivity index is 2.16. The molecule has 7 heteroatoms. The summed E-state index contributed by atoms with van der Waals surface area (Å²) in [5, 5.41) is 10.9. The van der Waals surface area contributed by atoms with Gasteiger partial charge in [0.05, 0.1) is 25.3 Å². The Morgan fingerprint density at radius 1 is 1.14 bits per heavy atom. The van der Waals surface area contributed by atoms with Crippen LogP contribution in [-0.4, -0.2) is 49.1 Å². The molecule has 6 nitrogen and oxygen atoms in total. The highest BCUT2D eigenvalue weighted by Gasteiger charge is 2.45. The molecule has 1 saturated heterocycles. The summed E-state index contributed by atoms with van der Waals surface area (Å²) in [6, 6.07) is 13.3. The Hall–Kier alpha value is -2.64. The average Bonchev–Trinajstić information content (AvgIpc) is 2.97. The van der Waals surface area contributed by atoms with Gasteiger partial charge in [0.25, 0.3) is 11.7 Å². The molecule has 146 valence electrons. The number of benzene rings is 2.